The van der Waals surface area contributed by atoms with E-state index in [0.29, 0.717) is 10.1 Å². The van der Waals surface area contributed by atoms with Crippen molar-refractivity contribution in [3.63, 3.8) is 0 Å². The molecule has 1 fully saturated rings. The topological polar surface area (TPSA) is 32.7 Å². The molecule has 1 heterocycles. The minimum absolute atomic E-state index is 0.0542. The molecule has 0 saturated carbocycles. The fraction of sp³-hybridized carbons (Fsp3) is 0.0435. The van der Waals surface area contributed by atoms with Crippen LogP contribution in [0.1, 0.15) is 11.1 Å². The minimum Gasteiger partial charge on any atom is -0.268 e. The number of carbonyl (C=O) groups is 1. The lowest BCUT2D eigenvalue weighted by molar-refractivity contribution is -0.113. The van der Waals surface area contributed by atoms with E-state index in [1.807, 2.05) is 97.9 Å². The Kier molecular flexibility index (Phi) is 4.90. The van der Waals surface area contributed by atoms with E-state index in [0.717, 1.165) is 16.9 Å². The van der Waals surface area contributed by atoms with Gasteiger partial charge in [0, 0.05) is 0 Å². The summed E-state index contributed by atoms with van der Waals surface area (Å²) in [6.45, 7) is 2.05. The Hall–Kier alpha value is -3.11. The number of hydrogen-bond acceptors (Lipinski definition) is 3. The predicted octanol–water partition coefficient (Wildman–Crippen LogP) is 5.80. The summed E-state index contributed by atoms with van der Waals surface area (Å²) < 4.78 is 0. The van der Waals surface area contributed by atoms with Crippen LogP contribution in [0.4, 0.5) is 11.4 Å². The summed E-state index contributed by atoms with van der Waals surface area (Å²) in [6, 6.07) is 27.5. The normalized spacial score (nSPS) is 17.1. The Balaban J connectivity index is 1.76. The van der Waals surface area contributed by atoms with E-state index in [1.165, 1.54) is 17.3 Å². The lowest BCUT2D eigenvalue weighted by atomic mass is 10.1. The highest BCUT2D eigenvalue weighted by molar-refractivity contribution is 8.19. The smallest absolute Gasteiger partial charge is 0.268 e. The molecule has 132 valence electrons. The maximum absolute atomic E-state index is 13.1. The number of para-hydroxylation sites is 2. The molecular formula is C23H18N2OS. The molecule has 3 aromatic rings. The molecule has 0 bridgehead atoms. The number of carbonyl (C=O) groups excluding carboxylic acids is 1. The lowest BCUT2D eigenvalue weighted by Gasteiger charge is -2.15. The molecule has 0 radical (unpaired) electrons. The summed E-state index contributed by atoms with van der Waals surface area (Å²) in [4.78, 5) is 20.2. The van der Waals surface area contributed by atoms with E-state index in [9.17, 15) is 4.79 Å². The fourth-order valence-electron chi connectivity index (χ4n) is 2.78. The maximum atomic E-state index is 13.1. The van der Waals surface area contributed by atoms with Gasteiger partial charge in [0.1, 0.15) is 0 Å². The zero-order chi connectivity index (χ0) is 18.6. The first-order chi connectivity index (χ1) is 13.2. The van der Waals surface area contributed by atoms with Crippen molar-refractivity contribution in [2.75, 3.05) is 4.90 Å². The van der Waals surface area contributed by atoms with E-state index in [4.69, 9.17) is 4.99 Å². The molecule has 4 heteroatoms. The second kappa shape index (κ2) is 7.64. The first kappa shape index (κ1) is 17.3. The number of nitrogens with zero attached hydrogens (tertiary/aromatic N) is 2. The van der Waals surface area contributed by atoms with Gasteiger partial charge in [-0.15, -0.1) is 0 Å². The summed E-state index contributed by atoms with van der Waals surface area (Å²) in [6.07, 6.45) is 1.93. The van der Waals surface area contributed by atoms with Crippen LogP contribution in [-0.4, -0.2) is 11.1 Å². The fourth-order valence-corrected chi connectivity index (χ4v) is 3.78. The average Bonchev–Trinajstić information content (AvgIpc) is 3.00. The number of hydrogen-bond donors (Lipinski definition) is 0. The van der Waals surface area contributed by atoms with Crippen LogP contribution in [0.5, 0.6) is 0 Å². The number of aliphatic imine (C=N–C) groups is 1. The van der Waals surface area contributed by atoms with Gasteiger partial charge in [-0.3, -0.25) is 9.69 Å². The van der Waals surface area contributed by atoms with Gasteiger partial charge in [0.25, 0.3) is 5.91 Å². The van der Waals surface area contributed by atoms with Crippen LogP contribution in [0.2, 0.25) is 0 Å². The zero-order valence-corrected chi connectivity index (χ0v) is 15.7. The number of benzene rings is 3. The first-order valence-electron chi connectivity index (χ1n) is 8.70. The summed E-state index contributed by atoms with van der Waals surface area (Å²) in [5, 5.41) is 0.663. The van der Waals surface area contributed by atoms with Crippen molar-refractivity contribution in [1.29, 1.82) is 0 Å². The van der Waals surface area contributed by atoms with Crippen molar-refractivity contribution in [2.45, 2.75) is 6.92 Å². The van der Waals surface area contributed by atoms with E-state index in [-0.39, 0.29) is 5.91 Å². The number of anilines is 1. The quantitative estimate of drug-likeness (QED) is 0.546. The summed E-state index contributed by atoms with van der Waals surface area (Å²) >= 11 is 1.40. The van der Waals surface area contributed by atoms with Gasteiger partial charge < -0.3 is 0 Å². The van der Waals surface area contributed by atoms with Crippen LogP contribution in [-0.2, 0) is 4.79 Å². The molecular weight excluding hydrogens is 352 g/mol. The highest BCUT2D eigenvalue weighted by Gasteiger charge is 2.34. The molecule has 1 aliphatic heterocycles. The third-order valence-electron chi connectivity index (χ3n) is 4.18. The van der Waals surface area contributed by atoms with Crippen molar-refractivity contribution in [1.82, 2.24) is 0 Å². The molecule has 27 heavy (non-hydrogen) atoms. The first-order valence-corrected chi connectivity index (χ1v) is 9.52. The monoisotopic (exact) mass is 370 g/mol. The second-order valence-electron chi connectivity index (χ2n) is 6.23. The molecule has 1 aliphatic rings. The zero-order valence-electron chi connectivity index (χ0n) is 14.9. The Morgan fingerprint density at radius 3 is 2.15 bits per heavy atom. The molecule has 0 atom stereocenters. The summed E-state index contributed by atoms with van der Waals surface area (Å²) in [7, 11) is 0. The molecule has 0 aliphatic carbocycles. The SMILES string of the molecule is Cc1ccc(C=C2SC(=Nc3ccccc3)N(c3ccccc3)C2=O)cc1. The van der Waals surface area contributed by atoms with E-state index in [1.54, 1.807) is 4.90 Å². The maximum Gasteiger partial charge on any atom is 0.271 e. The van der Waals surface area contributed by atoms with Crippen LogP contribution in [0, 0.1) is 6.92 Å². The second-order valence-corrected chi connectivity index (χ2v) is 7.24. The van der Waals surface area contributed by atoms with Gasteiger partial charge in [0.05, 0.1) is 16.3 Å². The Bertz CT molecular complexity index is 1010. The molecule has 0 N–H and O–H groups in total. The van der Waals surface area contributed by atoms with Crippen LogP contribution in [0.25, 0.3) is 6.08 Å². The van der Waals surface area contributed by atoms with E-state index in [2.05, 4.69) is 0 Å². The third-order valence-corrected chi connectivity index (χ3v) is 5.15. The molecule has 1 saturated heterocycles. The van der Waals surface area contributed by atoms with Crippen molar-refractivity contribution in [3.8, 4) is 0 Å². The molecule has 3 aromatic carbocycles. The van der Waals surface area contributed by atoms with Gasteiger partial charge in [0.2, 0.25) is 0 Å². The van der Waals surface area contributed by atoms with Crippen LogP contribution < -0.4 is 4.90 Å². The van der Waals surface area contributed by atoms with Gasteiger partial charge in [0.15, 0.2) is 5.17 Å². The standard InChI is InChI=1S/C23H18N2OS/c1-17-12-14-18(15-13-17)16-21-22(26)25(20-10-6-3-7-11-20)23(27-21)24-19-8-4-2-5-9-19/h2-16H,1H3. The largest absolute Gasteiger partial charge is 0.271 e. The molecule has 0 spiro atoms. The van der Waals surface area contributed by atoms with Gasteiger partial charge in [-0.1, -0.05) is 66.2 Å². The van der Waals surface area contributed by atoms with Crippen LogP contribution in [0.15, 0.2) is 94.8 Å². The van der Waals surface area contributed by atoms with Crippen LogP contribution >= 0.6 is 11.8 Å². The Labute approximate surface area is 163 Å². The van der Waals surface area contributed by atoms with Crippen molar-refractivity contribution < 1.29 is 4.79 Å². The number of aryl methyl sites for hydroxylation is 1. The van der Waals surface area contributed by atoms with E-state index >= 15 is 0 Å². The minimum atomic E-state index is -0.0542. The van der Waals surface area contributed by atoms with E-state index < -0.39 is 0 Å². The highest BCUT2D eigenvalue weighted by Crippen LogP contribution is 2.37. The summed E-state index contributed by atoms with van der Waals surface area (Å²) in [5.41, 5.74) is 3.84. The number of rotatable bonds is 3. The van der Waals surface area contributed by atoms with Crippen molar-refractivity contribution >= 4 is 40.3 Å². The Morgan fingerprint density at radius 2 is 1.48 bits per heavy atom. The molecule has 0 aromatic heterocycles. The highest BCUT2D eigenvalue weighted by atomic mass is 32.2. The van der Waals surface area contributed by atoms with Crippen molar-refractivity contribution in [2.24, 2.45) is 4.99 Å². The summed E-state index contributed by atoms with van der Waals surface area (Å²) in [5.74, 6) is -0.0542. The predicted molar refractivity (Wildman–Crippen MR) is 114 cm³/mol. The lowest BCUT2D eigenvalue weighted by Crippen LogP contribution is -2.28. The van der Waals surface area contributed by atoms with Gasteiger partial charge in [-0.25, -0.2) is 4.99 Å². The van der Waals surface area contributed by atoms with Gasteiger partial charge in [-0.2, -0.15) is 0 Å². The number of amidine groups is 1. The van der Waals surface area contributed by atoms with Gasteiger partial charge >= 0.3 is 0 Å². The average molecular weight is 370 g/mol. The molecule has 3 nitrogen and oxygen atoms in total. The third kappa shape index (κ3) is 3.86. The molecule has 4 rings (SSSR count). The molecule has 0 unspecified atom stereocenters. The number of amides is 1. The van der Waals surface area contributed by atoms with Crippen molar-refractivity contribution in [3.05, 3.63) is 101 Å². The van der Waals surface area contributed by atoms with Gasteiger partial charge in [-0.05, 0) is 54.6 Å². The van der Waals surface area contributed by atoms with Crippen LogP contribution in [0.3, 0.4) is 0 Å². The number of thioether (sulfide) groups is 1. The Morgan fingerprint density at radius 1 is 0.852 bits per heavy atom. The molecule has 1 amide bonds.